The number of hydrogen-bond donors (Lipinski definition) is 1. The van der Waals surface area contributed by atoms with E-state index in [2.05, 4.69) is 32.5 Å². The molecule has 0 unspecified atom stereocenters. The lowest BCUT2D eigenvalue weighted by molar-refractivity contribution is 0.0950. The normalized spacial score (nSPS) is 14.6. The molecular formula is C19H22N6O2. The Balaban J connectivity index is 1.50. The number of carbonyl (C=O) groups is 1. The number of aromatic nitrogens is 4. The summed E-state index contributed by atoms with van der Waals surface area (Å²) in [5.74, 6) is 0.189. The Hall–Kier alpha value is -3.00. The van der Waals surface area contributed by atoms with Crippen LogP contribution in [0.5, 0.6) is 0 Å². The maximum Gasteiger partial charge on any atom is 0.292 e. The van der Waals surface area contributed by atoms with E-state index < -0.39 is 0 Å². The van der Waals surface area contributed by atoms with Crippen molar-refractivity contribution in [3.05, 3.63) is 53.3 Å². The summed E-state index contributed by atoms with van der Waals surface area (Å²) >= 11 is 0. The second kappa shape index (κ2) is 7.32. The lowest BCUT2D eigenvalue weighted by atomic mass is 10.0. The topological polar surface area (TPSA) is 89.1 Å². The van der Waals surface area contributed by atoms with Crippen molar-refractivity contribution in [1.82, 2.24) is 30.1 Å². The van der Waals surface area contributed by atoms with Gasteiger partial charge in [-0.05, 0) is 6.42 Å². The van der Waals surface area contributed by atoms with Gasteiger partial charge in [0.25, 0.3) is 11.7 Å². The quantitative estimate of drug-likeness (QED) is 0.751. The highest BCUT2D eigenvalue weighted by molar-refractivity contribution is 5.89. The summed E-state index contributed by atoms with van der Waals surface area (Å²) in [6.07, 6.45) is 1.81. The van der Waals surface area contributed by atoms with Crippen LogP contribution in [0.1, 0.15) is 27.8 Å². The van der Waals surface area contributed by atoms with Gasteiger partial charge in [0.2, 0.25) is 5.89 Å². The van der Waals surface area contributed by atoms with Crippen molar-refractivity contribution < 1.29 is 9.32 Å². The number of amides is 1. The second-order valence-corrected chi connectivity index (χ2v) is 6.63. The smallest absolute Gasteiger partial charge is 0.292 e. The van der Waals surface area contributed by atoms with E-state index in [9.17, 15) is 4.79 Å². The van der Waals surface area contributed by atoms with Crippen LogP contribution in [0.25, 0.3) is 11.3 Å². The van der Waals surface area contributed by atoms with Gasteiger partial charge < -0.3 is 9.84 Å². The Morgan fingerprint density at radius 3 is 2.78 bits per heavy atom. The van der Waals surface area contributed by atoms with E-state index in [1.807, 2.05) is 29.9 Å². The molecule has 0 saturated heterocycles. The highest BCUT2D eigenvalue weighted by atomic mass is 16.5. The number of rotatable bonds is 4. The lowest BCUT2D eigenvalue weighted by Crippen LogP contribution is -2.26. The Morgan fingerprint density at radius 2 is 2.00 bits per heavy atom. The van der Waals surface area contributed by atoms with Crippen LogP contribution in [0, 0.1) is 0 Å². The maximum absolute atomic E-state index is 11.6. The van der Waals surface area contributed by atoms with Gasteiger partial charge in [0.15, 0.2) is 0 Å². The average molecular weight is 366 g/mol. The van der Waals surface area contributed by atoms with Gasteiger partial charge in [-0.1, -0.05) is 35.5 Å². The SMILES string of the molecule is CNC(=O)c1noc(CN2CCc3c(-c4ccccc4)nn(C)c3CC2)n1. The Kier molecular flexibility index (Phi) is 4.72. The first-order chi connectivity index (χ1) is 13.2. The third kappa shape index (κ3) is 3.48. The minimum atomic E-state index is -0.341. The van der Waals surface area contributed by atoms with Crippen LogP contribution in [0.3, 0.4) is 0 Å². The van der Waals surface area contributed by atoms with Crippen molar-refractivity contribution in [2.75, 3.05) is 20.1 Å². The predicted octanol–water partition coefficient (Wildman–Crippen LogP) is 1.43. The van der Waals surface area contributed by atoms with Gasteiger partial charge in [-0.15, -0.1) is 0 Å². The summed E-state index contributed by atoms with van der Waals surface area (Å²) in [5, 5.41) is 11.0. The minimum absolute atomic E-state index is 0.0705. The fourth-order valence-corrected chi connectivity index (χ4v) is 3.52. The average Bonchev–Trinajstić information content (AvgIpc) is 3.21. The number of nitrogens with one attached hydrogen (secondary N) is 1. The first kappa shape index (κ1) is 17.4. The number of benzene rings is 1. The van der Waals surface area contributed by atoms with E-state index in [0.29, 0.717) is 12.4 Å². The van der Waals surface area contributed by atoms with Gasteiger partial charge in [-0.3, -0.25) is 14.4 Å². The van der Waals surface area contributed by atoms with E-state index in [1.54, 1.807) is 7.05 Å². The van der Waals surface area contributed by atoms with Crippen molar-refractivity contribution in [3.8, 4) is 11.3 Å². The van der Waals surface area contributed by atoms with Gasteiger partial charge in [-0.2, -0.15) is 10.1 Å². The number of fused-ring (bicyclic) bond motifs is 1. The molecule has 0 fully saturated rings. The highest BCUT2D eigenvalue weighted by Gasteiger charge is 2.23. The van der Waals surface area contributed by atoms with Gasteiger partial charge in [0, 0.05) is 50.4 Å². The van der Waals surface area contributed by atoms with Crippen LogP contribution in [0.4, 0.5) is 0 Å². The molecule has 0 radical (unpaired) electrons. The minimum Gasteiger partial charge on any atom is -0.352 e. The van der Waals surface area contributed by atoms with E-state index >= 15 is 0 Å². The molecule has 1 aliphatic heterocycles. The lowest BCUT2D eigenvalue weighted by Gasteiger charge is -2.17. The molecular weight excluding hydrogens is 344 g/mol. The third-order valence-electron chi connectivity index (χ3n) is 4.92. The number of hydrogen-bond acceptors (Lipinski definition) is 6. The van der Waals surface area contributed by atoms with E-state index in [-0.39, 0.29) is 11.7 Å². The summed E-state index contributed by atoms with van der Waals surface area (Å²) in [4.78, 5) is 18.0. The molecule has 0 aliphatic carbocycles. The standard InChI is InChI=1S/C19H22N6O2/c1-20-19(26)18-21-16(27-23-18)12-25-10-8-14-15(9-11-25)24(2)22-17(14)13-6-4-3-5-7-13/h3-7H,8-12H2,1-2H3,(H,20,26). The van der Waals surface area contributed by atoms with Crippen molar-refractivity contribution in [3.63, 3.8) is 0 Å². The van der Waals surface area contributed by atoms with Crippen molar-refractivity contribution in [2.24, 2.45) is 7.05 Å². The summed E-state index contributed by atoms with van der Waals surface area (Å²) < 4.78 is 7.22. The fraction of sp³-hybridized carbons (Fsp3) is 0.368. The predicted molar refractivity (Wildman–Crippen MR) is 99.0 cm³/mol. The van der Waals surface area contributed by atoms with Crippen LogP contribution in [-0.4, -0.2) is 50.9 Å². The summed E-state index contributed by atoms with van der Waals surface area (Å²) in [6, 6.07) is 10.3. The molecule has 1 amide bonds. The largest absolute Gasteiger partial charge is 0.352 e. The van der Waals surface area contributed by atoms with Gasteiger partial charge in [0.1, 0.15) is 0 Å². The van der Waals surface area contributed by atoms with Crippen LogP contribution >= 0.6 is 0 Å². The fourth-order valence-electron chi connectivity index (χ4n) is 3.52. The highest BCUT2D eigenvalue weighted by Crippen LogP contribution is 2.28. The molecule has 0 bridgehead atoms. The summed E-state index contributed by atoms with van der Waals surface area (Å²) in [7, 11) is 3.55. The van der Waals surface area contributed by atoms with Crippen LogP contribution < -0.4 is 5.32 Å². The zero-order valence-electron chi connectivity index (χ0n) is 15.5. The molecule has 0 spiro atoms. The van der Waals surface area contributed by atoms with E-state index in [0.717, 1.165) is 37.2 Å². The Bertz CT molecular complexity index is 947. The van der Waals surface area contributed by atoms with Crippen molar-refractivity contribution in [2.45, 2.75) is 19.4 Å². The second-order valence-electron chi connectivity index (χ2n) is 6.63. The summed E-state index contributed by atoms with van der Waals surface area (Å²) in [6.45, 7) is 2.28. The van der Waals surface area contributed by atoms with Crippen LogP contribution in [0.15, 0.2) is 34.9 Å². The number of aryl methyl sites for hydroxylation is 1. The van der Waals surface area contributed by atoms with Crippen LogP contribution in [-0.2, 0) is 26.4 Å². The van der Waals surface area contributed by atoms with E-state index in [4.69, 9.17) is 9.62 Å². The number of carbonyl (C=O) groups excluding carboxylic acids is 1. The molecule has 1 aliphatic rings. The molecule has 8 nitrogen and oxygen atoms in total. The monoisotopic (exact) mass is 366 g/mol. The summed E-state index contributed by atoms with van der Waals surface area (Å²) in [5.41, 5.74) is 4.79. The first-order valence-electron chi connectivity index (χ1n) is 9.03. The van der Waals surface area contributed by atoms with Gasteiger partial charge in [-0.25, -0.2) is 0 Å². The molecule has 0 saturated carbocycles. The zero-order valence-corrected chi connectivity index (χ0v) is 15.5. The van der Waals surface area contributed by atoms with Gasteiger partial charge >= 0.3 is 0 Å². The molecule has 140 valence electrons. The van der Waals surface area contributed by atoms with E-state index in [1.165, 1.54) is 11.3 Å². The Morgan fingerprint density at radius 1 is 1.22 bits per heavy atom. The molecule has 3 aromatic rings. The maximum atomic E-state index is 11.6. The first-order valence-corrected chi connectivity index (χ1v) is 9.03. The molecule has 0 atom stereocenters. The van der Waals surface area contributed by atoms with Crippen molar-refractivity contribution >= 4 is 5.91 Å². The third-order valence-corrected chi connectivity index (χ3v) is 4.92. The molecule has 4 rings (SSSR count). The molecule has 2 aromatic heterocycles. The molecule has 1 aromatic carbocycles. The Labute approximate surface area is 157 Å². The van der Waals surface area contributed by atoms with Crippen LogP contribution in [0.2, 0.25) is 0 Å². The molecule has 1 N–H and O–H groups in total. The molecule has 3 heterocycles. The zero-order chi connectivity index (χ0) is 18.8. The van der Waals surface area contributed by atoms with Gasteiger partial charge in [0.05, 0.1) is 12.2 Å². The number of nitrogens with zero attached hydrogens (tertiary/aromatic N) is 5. The molecule has 8 heteroatoms. The van der Waals surface area contributed by atoms with Crippen molar-refractivity contribution in [1.29, 1.82) is 0 Å². The molecule has 27 heavy (non-hydrogen) atoms.